The summed E-state index contributed by atoms with van der Waals surface area (Å²) in [6, 6.07) is 7.26. The Morgan fingerprint density at radius 2 is 2.32 bits per heavy atom. The lowest BCUT2D eigenvalue weighted by atomic mass is 10.1. The quantitative estimate of drug-likeness (QED) is 0.518. The van der Waals surface area contributed by atoms with E-state index in [-0.39, 0.29) is 12.4 Å². The second-order valence-electron chi connectivity index (χ2n) is 3.96. The predicted molar refractivity (Wildman–Crippen MR) is 70.0 cm³/mol. The van der Waals surface area contributed by atoms with Gasteiger partial charge in [0.2, 0.25) is 6.20 Å². The van der Waals surface area contributed by atoms with Crippen molar-refractivity contribution < 1.29 is 14.5 Å². The van der Waals surface area contributed by atoms with Crippen molar-refractivity contribution in [1.29, 1.82) is 0 Å². The second kappa shape index (κ2) is 5.34. The standard InChI is InChI=1S/C13H12N2O4/c1-19-13(16)7-9-3-2-4-12-11(9)8-10(14-12)5-6-15(17)18/h2-6,8,14H,7H2,1H3/b6-5+. The molecule has 6 nitrogen and oxygen atoms in total. The van der Waals surface area contributed by atoms with Gasteiger partial charge in [0.15, 0.2) is 0 Å². The van der Waals surface area contributed by atoms with Gasteiger partial charge in [0, 0.05) is 22.7 Å². The Balaban J connectivity index is 2.39. The van der Waals surface area contributed by atoms with Crippen molar-refractivity contribution in [2.24, 2.45) is 0 Å². The van der Waals surface area contributed by atoms with Gasteiger partial charge < -0.3 is 9.72 Å². The maximum atomic E-state index is 11.3. The number of esters is 1. The fourth-order valence-electron chi connectivity index (χ4n) is 1.85. The van der Waals surface area contributed by atoms with Crippen molar-refractivity contribution in [3.05, 3.63) is 51.8 Å². The fourth-order valence-corrected chi connectivity index (χ4v) is 1.85. The molecule has 0 spiro atoms. The number of H-pyrrole nitrogens is 1. The van der Waals surface area contributed by atoms with Gasteiger partial charge in [-0.15, -0.1) is 0 Å². The summed E-state index contributed by atoms with van der Waals surface area (Å²) in [5.41, 5.74) is 2.26. The molecule has 0 atom stereocenters. The summed E-state index contributed by atoms with van der Waals surface area (Å²) in [5, 5.41) is 11.1. The minimum atomic E-state index is -0.527. The molecule has 0 saturated carbocycles. The highest BCUT2D eigenvalue weighted by Crippen LogP contribution is 2.21. The third-order valence-corrected chi connectivity index (χ3v) is 2.71. The number of carbonyl (C=O) groups is 1. The van der Waals surface area contributed by atoms with Crippen LogP contribution < -0.4 is 0 Å². The van der Waals surface area contributed by atoms with E-state index in [4.69, 9.17) is 0 Å². The number of nitrogens with one attached hydrogen (secondary N) is 1. The molecule has 1 N–H and O–H groups in total. The number of benzene rings is 1. The van der Waals surface area contributed by atoms with Gasteiger partial charge in [-0.2, -0.15) is 0 Å². The molecule has 2 rings (SSSR count). The molecule has 0 aliphatic heterocycles. The van der Waals surface area contributed by atoms with Crippen LogP contribution in [0.2, 0.25) is 0 Å². The van der Waals surface area contributed by atoms with E-state index in [0.717, 1.165) is 22.7 Å². The second-order valence-corrected chi connectivity index (χ2v) is 3.96. The minimum absolute atomic E-state index is 0.171. The van der Waals surface area contributed by atoms with Gasteiger partial charge in [0.25, 0.3) is 0 Å². The lowest BCUT2D eigenvalue weighted by Gasteiger charge is -2.01. The number of hydrogen-bond donors (Lipinski definition) is 1. The molecule has 98 valence electrons. The zero-order valence-electron chi connectivity index (χ0n) is 10.3. The summed E-state index contributed by atoms with van der Waals surface area (Å²) in [7, 11) is 1.34. The first-order chi connectivity index (χ1) is 9.10. The molecule has 2 aromatic rings. The summed E-state index contributed by atoms with van der Waals surface area (Å²) in [6.07, 6.45) is 2.41. The van der Waals surface area contributed by atoms with Crippen LogP contribution in [0.1, 0.15) is 11.3 Å². The minimum Gasteiger partial charge on any atom is -0.469 e. The van der Waals surface area contributed by atoms with E-state index in [9.17, 15) is 14.9 Å². The summed E-state index contributed by atoms with van der Waals surface area (Å²) in [6.45, 7) is 0. The van der Waals surface area contributed by atoms with Gasteiger partial charge in [0.1, 0.15) is 0 Å². The molecule has 6 heteroatoms. The van der Waals surface area contributed by atoms with E-state index in [1.54, 1.807) is 6.07 Å². The van der Waals surface area contributed by atoms with E-state index < -0.39 is 4.92 Å². The molecule has 0 unspecified atom stereocenters. The Labute approximate surface area is 108 Å². The molecule has 1 heterocycles. The summed E-state index contributed by atoms with van der Waals surface area (Å²) in [4.78, 5) is 24.1. The number of carbonyl (C=O) groups excluding carboxylic acids is 1. The molecule has 1 aromatic heterocycles. The lowest BCUT2D eigenvalue weighted by molar-refractivity contribution is -0.401. The van der Waals surface area contributed by atoms with Crippen molar-refractivity contribution >= 4 is 22.9 Å². The van der Waals surface area contributed by atoms with Crippen molar-refractivity contribution in [1.82, 2.24) is 4.98 Å². The van der Waals surface area contributed by atoms with E-state index in [0.29, 0.717) is 5.69 Å². The molecule has 0 radical (unpaired) electrons. The highest BCUT2D eigenvalue weighted by Gasteiger charge is 2.08. The Hall–Kier alpha value is -2.63. The van der Waals surface area contributed by atoms with Gasteiger partial charge in [-0.05, 0) is 17.7 Å². The highest BCUT2D eigenvalue weighted by atomic mass is 16.6. The third kappa shape index (κ3) is 2.98. The van der Waals surface area contributed by atoms with Crippen LogP contribution in [0.5, 0.6) is 0 Å². The monoisotopic (exact) mass is 260 g/mol. The first-order valence-electron chi connectivity index (χ1n) is 5.59. The number of hydrogen-bond acceptors (Lipinski definition) is 4. The fraction of sp³-hybridized carbons (Fsp3) is 0.154. The maximum Gasteiger partial charge on any atom is 0.310 e. The van der Waals surface area contributed by atoms with Gasteiger partial charge in [0.05, 0.1) is 18.5 Å². The number of nitrogens with zero attached hydrogens (tertiary/aromatic N) is 1. The Morgan fingerprint density at radius 3 is 3.00 bits per heavy atom. The average Bonchev–Trinajstić information content (AvgIpc) is 2.80. The van der Waals surface area contributed by atoms with E-state index >= 15 is 0 Å². The van der Waals surface area contributed by atoms with Gasteiger partial charge in [-0.1, -0.05) is 12.1 Å². The normalized spacial score (nSPS) is 11.0. The SMILES string of the molecule is COC(=O)Cc1cccc2[nH]c(/C=C/[N+](=O)[O-])cc12. The third-order valence-electron chi connectivity index (χ3n) is 2.71. The van der Waals surface area contributed by atoms with Crippen LogP contribution in [-0.4, -0.2) is 23.0 Å². The van der Waals surface area contributed by atoms with Crippen molar-refractivity contribution in [2.45, 2.75) is 6.42 Å². The Kier molecular flexibility index (Phi) is 3.61. The zero-order valence-corrected chi connectivity index (χ0v) is 10.3. The van der Waals surface area contributed by atoms with Gasteiger partial charge in [-0.25, -0.2) is 0 Å². The topological polar surface area (TPSA) is 85.2 Å². The highest BCUT2D eigenvalue weighted by molar-refractivity contribution is 5.89. The van der Waals surface area contributed by atoms with Crippen molar-refractivity contribution in [2.75, 3.05) is 7.11 Å². The van der Waals surface area contributed by atoms with E-state index in [1.165, 1.54) is 13.2 Å². The smallest absolute Gasteiger partial charge is 0.310 e. The number of ether oxygens (including phenoxy) is 1. The first kappa shape index (κ1) is 12.8. The van der Waals surface area contributed by atoms with Gasteiger partial charge >= 0.3 is 5.97 Å². The number of nitro groups is 1. The van der Waals surface area contributed by atoms with Crippen LogP contribution in [0.3, 0.4) is 0 Å². The van der Waals surface area contributed by atoms with E-state index in [1.807, 2.05) is 18.2 Å². The molecule has 1 aromatic carbocycles. The Bertz CT molecular complexity index is 658. The molecule has 0 aliphatic rings. The molecule has 0 amide bonds. The summed E-state index contributed by atoms with van der Waals surface area (Å²) < 4.78 is 4.64. The Morgan fingerprint density at radius 1 is 1.53 bits per heavy atom. The van der Waals surface area contributed by atoms with Crippen molar-refractivity contribution in [3.63, 3.8) is 0 Å². The number of fused-ring (bicyclic) bond motifs is 1. The van der Waals surface area contributed by atoms with Crippen LogP contribution in [0.15, 0.2) is 30.5 Å². The number of methoxy groups -OCH3 is 1. The zero-order chi connectivity index (χ0) is 13.8. The number of aromatic amines is 1. The van der Waals surface area contributed by atoms with Gasteiger partial charge in [-0.3, -0.25) is 14.9 Å². The predicted octanol–water partition coefficient (Wildman–Crippen LogP) is 2.13. The van der Waals surface area contributed by atoms with Crippen LogP contribution in [-0.2, 0) is 16.0 Å². The summed E-state index contributed by atoms with van der Waals surface area (Å²) in [5.74, 6) is -0.323. The molecule has 19 heavy (non-hydrogen) atoms. The average molecular weight is 260 g/mol. The molecule has 0 bridgehead atoms. The lowest BCUT2D eigenvalue weighted by Crippen LogP contribution is -2.04. The van der Waals surface area contributed by atoms with E-state index in [2.05, 4.69) is 9.72 Å². The molecular weight excluding hydrogens is 248 g/mol. The van der Waals surface area contributed by atoms with Crippen LogP contribution >= 0.6 is 0 Å². The number of aromatic nitrogens is 1. The molecule has 0 aliphatic carbocycles. The maximum absolute atomic E-state index is 11.3. The summed E-state index contributed by atoms with van der Waals surface area (Å²) >= 11 is 0. The van der Waals surface area contributed by atoms with Crippen LogP contribution in [0, 0.1) is 10.1 Å². The van der Waals surface area contributed by atoms with Crippen LogP contribution in [0.4, 0.5) is 0 Å². The number of rotatable bonds is 4. The molecular formula is C13H12N2O4. The molecule has 0 fully saturated rings. The largest absolute Gasteiger partial charge is 0.469 e. The van der Waals surface area contributed by atoms with Crippen molar-refractivity contribution in [3.8, 4) is 0 Å². The van der Waals surface area contributed by atoms with Crippen LogP contribution in [0.25, 0.3) is 17.0 Å². The first-order valence-corrected chi connectivity index (χ1v) is 5.59. The molecule has 0 saturated heterocycles.